The highest BCUT2D eigenvalue weighted by molar-refractivity contribution is 7.80. The second-order valence-corrected chi connectivity index (χ2v) is 9.79. The number of hydrogen-bond acceptors (Lipinski definition) is 3. The fraction of sp³-hybridized carbons (Fsp3) is 0.174. The fourth-order valence-electron chi connectivity index (χ4n) is 3.51. The van der Waals surface area contributed by atoms with Crippen molar-refractivity contribution in [3.05, 3.63) is 91.0 Å². The lowest BCUT2D eigenvalue weighted by Gasteiger charge is -2.11. The van der Waals surface area contributed by atoms with Crippen LogP contribution in [0.2, 0.25) is 20.1 Å². The Bertz CT molecular complexity index is 1400. The first-order valence-corrected chi connectivity index (χ1v) is 12.3. The zero-order valence-electron chi connectivity index (χ0n) is 18.5. The third-order valence-corrected chi connectivity index (χ3v) is 6.84. The summed E-state index contributed by atoms with van der Waals surface area (Å²) in [5.74, 6) is 0.00733. The Kier molecular flexibility index (Phi) is 7.88. The highest BCUT2D eigenvalue weighted by Gasteiger charge is 2.17. The Hall–Kier alpha value is -2.36. The number of aryl methyl sites for hydroxylation is 1. The zero-order chi connectivity index (χ0) is 25.3. The molecule has 0 atom stereocenters. The molecule has 35 heavy (non-hydrogen) atoms. The first-order chi connectivity index (χ1) is 16.6. The zero-order valence-corrected chi connectivity index (χ0v) is 22.4. The third-order valence-electron chi connectivity index (χ3n) is 5.27. The quantitative estimate of drug-likeness (QED) is 0.237. The lowest BCUT2D eigenvalue weighted by Crippen LogP contribution is -2.20. The summed E-state index contributed by atoms with van der Waals surface area (Å²) in [5, 5.41) is 17.1. The van der Waals surface area contributed by atoms with Gasteiger partial charge in [-0.25, -0.2) is 4.39 Å². The molecule has 0 spiro atoms. The summed E-state index contributed by atoms with van der Waals surface area (Å²) in [4.78, 5) is 0. The van der Waals surface area contributed by atoms with Gasteiger partial charge in [-0.05, 0) is 55.9 Å². The van der Waals surface area contributed by atoms with Crippen LogP contribution < -0.4 is 10.6 Å². The number of aromatic nitrogens is 4. The van der Waals surface area contributed by atoms with Crippen LogP contribution in [0.3, 0.4) is 0 Å². The molecule has 2 aromatic heterocycles. The maximum absolute atomic E-state index is 14.2. The van der Waals surface area contributed by atoms with Crippen molar-refractivity contribution >= 4 is 75.2 Å². The van der Waals surface area contributed by atoms with Crippen molar-refractivity contribution in [2.24, 2.45) is 0 Å². The second-order valence-electron chi connectivity index (χ2n) is 7.75. The van der Waals surface area contributed by atoms with Gasteiger partial charge in [-0.3, -0.25) is 9.36 Å². The fourth-order valence-corrected chi connectivity index (χ4v) is 4.44. The first-order valence-electron chi connectivity index (χ1n) is 10.3. The minimum Gasteiger partial charge on any atom is -0.329 e. The SMILES string of the molecule is Cc1nn(Cc2c(F)cccc2Cl)c(C)c1NC(=S)Nc1nn(Cc2ccc(Cl)c(Cl)c2)cc1Cl. The van der Waals surface area contributed by atoms with Crippen molar-refractivity contribution < 1.29 is 4.39 Å². The molecule has 0 saturated carbocycles. The van der Waals surface area contributed by atoms with E-state index >= 15 is 0 Å². The van der Waals surface area contributed by atoms with Gasteiger partial charge in [-0.2, -0.15) is 10.2 Å². The normalized spacial score (nSPS) is 11.1. The summed E-state index contributed by atoms with van der Waals surface area (Å²) in [6.45, 7) is 4.32. The molecule has 0 bridgehead atoms. The Morgan fingerprint density at radius 3 is 2.43 bits per heavy atom. The van der Waals surface area contributed by atoms with Crippen LogP contribution in [0.5, 0.6) is 0 Å². The van der Waals surface area contributed by atoms with E-state index in [1.165, 1.54) is 6.07 Å². The van der Waals surface area contributed by atoms with E-state index in [0.717, 1.165) is 11.3 Å². The van der Waals surface area contributed by atoms with Gasteiger partial charge in [-0.1, -0.05) is 58.5 Å². The van der Waals surface area contributed by atoms with Gasteiger partial charge in [0.25, 0.3) is 0 Å². The summed E-state index contributed by atoms with van der Waals surface area (Å²) in [6.07, 6.45) is 1.68. The van der Waals surface area contributed by atoms with Gasteiger partial charge in [0.1, 0.15) is 10.8 Å². The van der Waals surface area contributed by atoms with E-state index in [-0.39, 0.29) is 17.5 Å². The van der Waals surface area contributed by atoms with Gasteiger partial charge >= 0.3 is 0 Å². The van der Waals surface area contributed by atoms with Crippen molar-refractivity contribution in [1.82, 2.24) is 19.6 Å². The maximum atomic E-state index is 14.2. The van der Waals surface area contributed by atoms with Crippen LogP contribution in [0.4, 0.5) is 15.9 Å². The molecule has 0 aliphatic heterocycles. The molecular formula is C23H19Cl4FN6S. The Morgan fingerprint density at radius 2 is 1.71 bits per heavy atom. The van der Waals surface area contributed by atoms with Crippen LogP contribution in [-0.2, 0) is 13.1 Å². The molecule has 182 valence electrons. The van der Waals surface area contributed by atoms with Crippen molar-refractivity contribution in [3.8, 4) is 0 Å². The number of hydrogen-bond donors (Lipinski definition) is 2. The molecule has 0 saturated heterocycles. The van der Waals surface area contributed by atoms with E-state index in [0.29, 0.717) is 49.4 Å². The minimum absolute atomic E-state index is 0.186. The van der Waals surface area contributed by atoms with E-state index in [9.17, 15) is 4.39 Å². The van der Waals surface area contributed by atoms with E-state index in [4.69, 9.17) is 58.6 Å². The smallest absolute Gasteiger partial charge is 0.176 e. The lowest BCUT2D eigenvalue weighted by atomic mass is 10.2. The van der Waals surface area contributed by atoms with Gasteiger partial charge in [0.05, 0.1) is 40.2 Å². The molecule has 0 aliphatic carbocycles. The van der Waals surface area contributed by atoms with E-state index in [2.05, 4.69) is 20.8 Å². The third kappa shape index (κ3) is 5.90. The van der Waals surface area contributed by atoms with Crippen LogP contribution in [0.15, 0.2) is 42.6 Å². The second kappa shape index (κ2) is 10.7. The van der Waals surface area contributed by atoms with Crippen molar-refractivity contribution in [2.75, 3.05) is 10.6 Å². The summed E-state index contributed by atoms with van der Waals surface area (Å²) < 4.78 is 17.6. The Morgan fingerprint density at radius 1 is 0.943 bits per heavy atom. The number of halogens is 5. The molecule has 0 aliphatic rings. The molecule has 0 radical (unpaired) electrons. The summed E-state index contributed by atoms with van der Waals surface area (Å²) in [7, 11) is 0. The van der Waals surface area contributed by atoms with Crippen molar-refractivity contribution in [2.45, 2.75) is 26.9 Å². The van der Waals surface area contributed by atoms with Gasteiger partial charge in [0, 0.05) is 16.8 Å². The molecule has 0 unspecified atom stereocenters. The molecule has 0 amide bonds. The lowest BCUT2D eigenvalue weighted by molar-refractivity contribution is 0.579. The monoisotopic (exact) mass is 570 g/mol. The van der Waals surface area contributed by atoms with Gasteiger partial charge < -0.3 is 10.6 Å². The van der Waals surface area contributed by atoms with E-state index < -0.39 is 0 Å². The summed E-state index contributed by atoms with van der Waals surface area (Å²) in [6, 6.07) is 9.95. The number of rotatable bonds is 6. The van der Waals surface area contributed by atoms with Crippen molar-refractivity contribution in [1.29, 1.82) is 0 Å². The largest absolute Gasteiger partial charge is 0.329 e. The first kappa shape index (κ1) is 25.7. The molecule has 0 fully saturated rings. The minimum atomic E-state index is -0.386. The maximum Gasteiger partial charge on any atom is 0.176 e. The van der Waals surface area contributed by atoms with Crippen LogP contribution in [0, 0.1) is 19.7 Å². The Balaban J connectivity index is 1.46. The topological polar surface area (TPSA) is 59.7 Å². The predicted octanol–water partition coefficient (Wildman–Crippen LogP) is 7.35. The van der Waals surface area contributed by atoms with Gasteiger partial charge in [-0.15, -0.1) is 0 Å². The number of nitrogens with one attached hydrogen (secondary N) is 2. The van der Waals surface area contributed by atoms with E-state index in [1.54, 1.807) is 39.8 Å². The van der Waals surface area contributed by atoms with Crippen LogP contribution in [0.25, 0.3) is 0 Å². The van der Waals surface area contributed by atoms with Crippen LogP contribution in [-0.4, -0.2) is 24.7 Å². The summed E-state index contributed by atoms with van der Waals surface area (Å²) >= 11 is 30.1. The molecule has 4 aromatic rings. The molecule has 12 heteroatoms. The highest BCUT2D eigenvalue weighted by atomic mass is 35.5. The van der Waals surface area contributed by atoms with Gasteiger partial charge in [0.2, 0.25) is 0 Å². The standard InChI is InChI=1S/C23H19Cl4FN6S/c1-12-21(13(2)34(31-12)10-15-16(24)4-3-5-20(15)28)29-23(35)30-22-19(27)11-33(32-22)9-14-6-7-17(25)18(26)8-14/h3-8,11H,9-10H2,1-2H3,(H2,29,30,32,35). The molecule has 2 heterocycles. The predicted molar refractivity (Wildman–Crippen MR) is 145 cm³/mol. The molecule has 2 aromatic carbocycles. The van der Waals surface area contributed by atoms with E-state index in [1.807, 2.05) is 19.9 Å². The number of anilines is 2. The van der Waals surface area contributed by atoms with Crippen LogP contribution >= 0.6 is 58.6 Å². The number of thiocarbonyl (C=S) groups is 1. The Labute approximate surface area is 226 Å². The molecular weight excluding hydrogens is 553 g/mol. The van der Waals surface area contributed by atoms with Crippen LogP contribution in [0.1, 0.15) is 22.5 Å². The summed E-state index contributed by atoms with van der Waals surface area (Å²) in [5.41, 5.74) is 3.43. The number of nitrogens with zero attached hydrogens (tertiary/aromatic N) is 4. The molecule has 2 N–H and O–H groups in total. The average Bonchev–Trinajstić information content (AvgIpc) is 3.26. The average molecular weight is 572 g/mol. The number of benzene rings is 2. The molecule has 4 rings (SSSR count). The van der Waals surface area contributed by atoms with Crippen molar-refractivity contribution in [3.63, 3.8) is 0 Å². The van der Waals surface area contributed by atoms with Gasteiger partial charge in [0.15, 0.2) is 10.9 Å². The highest BCUT2D eigenvalue weighted by Crippen LogP contribution is 2.26. The molecule has 6 nitrogen and oxygen atoms in total.